The molecule has 0 saturated carbocycles. The molecule has 1 aromatic carbocycles. The van der Waals surface area contributed by atoms with Crippen LogP contribution in [0.25, 0.3) is 0 Å². The molecule has 1 aromatic rings. The van der Waals surface area contributed by atoms with Gasteiger partial charge < -0.3 is 14.8 Å². The van der Waals surface area contributed by atoms with E-state index in [4.69, 9.17) is 21.1 Å². The maximum absolute atomic E-state index is 12.8. The average molecular weight is 461 g/mol. The van der Waals surface area contributed by atoms with Crippen LogP contribution in [-0.4, -0.2) is 45.9 Å². The third kappa shape index (κ3) is 7.50. The molecule has 2 rings (SSSR count). The van der Waals surface area contributed by atoms with E-state index in [0.29, 0.717) is 36.9 Å². The number of rotatable bonds is 9. The van der Waals surface area contributed by atoms with E-state index in [-0.39, 0.29) is 22.9 Å². The highest BCUT2D eigenvalue weighted by Crippen LogP contribution is 2.22. The second-order valence-corrected chi connectivity index (χ2v) is 11.3. The number of hydrogen-bond donors (Lipinski definition) is 2. The molecule has 0 aliphatic carbocycles. The summed E-state index contributed by atoms with van der Waals surface area (Å²) in [5, 5.41) is 3.81. The summed E-state index contributed by atoms with van der Waals surface area (Å²) < 4.78 is 39.4. The summed E-state index contributed by atoms with van der Waals surface area (Å²) in [4.78, 5) is 12.4. The number of carbonyl (C=O) groups is 1. The van der Waals surface area contributed by atoms with E-state index >= 15 is 0 Å². The van der Waals surface area contributed by atoms with Crippen LogP contribution in [0.15, 0.2) is 29.2 Å². The van der Waals surface area contributed by atoms with Crippen molar-refractivity contribution in [1.29, 1.82) is 0 Å². The Morgan fingerprint density at radius 2 is 1.90 bits per heavy atom. The molecule has 3 atom stereocenters. The van der Waals surface area contributed by atoms with Gasteiger partial charge in [-0.15, -0.1) is 0 Å². The zero-order valence-corrected chi connectivity index (χ0v) is 19.8. The fourth-order valence-corrected chi connectivity index (χ4v) is 4.47. The Morgan fingerprint density at radius 1 is 1.27 bits per heavy atom. The Balaban J connectivity index is 2.02. The van der Waals surface area contributed by atoms with Gasteiger partial charge in [-0.25, -0.2) is 13.1 Å². The molecule has 30 heavy (non-hydrogen) atoms. The van der Waals surface area contributed by atoms with E-state index in [1.54, 1.807) is 32.9 Å². The summed E-state index contributed by atoms with van der Waals surface area (Å²) in [6.45, 7) is 10.3. The first-order chi connectivity index (χ1) is 13.9. The highest BCUT2D eigenvalue weighted by Gasteiger charge is 2.35. The van der Waals surface area contributed by atoms with Gasteiger partial charge >= 0.3 is 5.97 Å². The third-order valence-electron chi connectivity index (χ3n) is 4.70. The molecule has 1 saturated heterocycles. The van der Waals surface area contributed by atoms with E-state index in [1.165, 1.54) is 12.1 Å². The standard InChI is InChI=1S/C21H33ClN2O5S/c1-14(2)12-16(24-30(26,27)17-8-6-15(22)7-9-17)13-23-18-10-11-28-19(18)29-20(25)21(3,4)5/h6-9,14,16,18-19,23-24H,10-13H2,1-5H3/t16-,18+,19+/m1/s1. The van der Waals surface area contributed by atoms with Crippen LogP contribution in [0, 0.1) is 11.3 Å². The summed E-state index contributed by atoms with van der Waals surface area (Å²) in [5.74, 6) is -0.0394. The molecule has 7 nitrogen and oxygen atoms in total. The number of nitrogens with one attached hydrogen (secondary N) is 2. The summed E-state index contributed by atoms with van der Waals surface area (Å²) in [5.41, 5.74) is -0.620. The molecular formula is C21H33ClN2O5S. The number of hydrogen-bond acceptors (Lipinski definition) is 6. The van der Waals surface area contributed by atoms with E-state index in [9.17, 15) is 13.2 Å². The fourth-order valence-electron chi connectivity index (χ4n) is 3.10. The van der Waals surface area contributed by atoms with E-state index in [0.717, 1.165) is 0 Å². The van der Waals surface area contributed by atoms with Crippen LogP contribution in [0.5, 0.6) is 0 Å². The lowest BCUT2D eigenvalue weighted by atomic mass is 9.97. The quantitative estimate of drug-likeness (QED) is 0.549. The van der Waals surface area contributed by atoms with Crippen molar-refractivity contribution in [3.63, 3.8) is 0 Å². The van der Waals surface area contributed by atoms with Crippen molar-refractivity contribution in [2.45, 2.75) is 70.7 Å². The van der Waals surface area contributed by atoms with E-state index in [2.05, 4.69) is 10.0 Å². The van der Waals surface area contributed by atoms with Crippen LogP contribution < -0.4 is 10.0 Å². The highest BCUT2D eigenvalue weighted by molar-refractivity contribution is 7.89. The minimum Gasteiger partial charge on any atom is -0.434 e. The third-order valence-corrected chi connectivity index (χ3v) is 6.49. The second kappa shape index (κ2) is 10.4. The van der Waals surface area contributed by atoms with Gasteiger partial charge in [-0.1, -0.05) is 25.4 Å². The Labute approximate surface area is 184 Å². The SMILES string of the molecule is CC(C)C[C@H](CN[C@H]1CCO[C@H]1OC(=O)C(C)(C)C)NS(=O)(=O)c1ccc(Cl)cc1. The largest absolute Gasteiger partial charge is 0.434 e. The predicted molar refractivity (Wildman–Crippen MR) is 117 cm³/mol. The van der Waals surface area contributed by atoms with Crippen LogP contribution in [0.4, 0.5) is 0 Å². The molecule has 0 aromatic heterocycles. The van der Waals surface area contributed by atoms with E-state index < -0.39 is 21.7 Å². The first-order valence-corrected chi connectivity index (χ1v) is 12.1. The minimum atomic E-state index is -3.68. The maximum Gasteiger partial charge on any atom is 0.313 e. The van der Waals surface area contributed by atoms with Gasteiger partial charge in [-0.3, -0.25) is 4.79 Å². The molecule has 0 unspecified atom stereocenters. The van der Waals surface area contributed by atoms with Crippen molar-refractivity contribution in [2.24, 2.45) is 11.3 Å². The van der Waals surface area contributed by atoms with Crippen molar-refractivity contribution in [2.75, 3.05) is 13.2 Å². The zero-order chi connectivity index (χ0) is 22.5. The lowest BCUT2D eigenvalue weighted by molar-refractivity contribution is -0.182. The van der Waals surface area contributed by atoms with Crippen LogP contribution in [0.1, 0.15) is 47.5 Å². The van der Waals surface area contributed by atoms with Gasteiger partial charge in [0.25, 0.3) is 0 Å². The number of carbonyl (C=O) groups excluding carboxylic acids is 1. The second-order valence-electron chi connectivity index (χ2n) is 9.10. The summed E-state index contributed by atoms with van der Waals surface area (Å²) in [6, 6.07) is 5.55. The van der Waals surface area contributed by atoms with Crippen molar-refractivity contribution in [3.05, 3.63) is 29.3 Å². The van der Waals surface area contributed by atoms with Crippen LogP contribution in [0.3, 0.4) is 0 Å². The molecule has 0 bridgehead atoms. The van der Waals surface area contributed by atoms with Gasteiger partial charge in [-0.05, 0) is 63.8 Å². The Bertz CT molecular complexity index is 806. The molecule has 0 spiro atoms. The van der Waals surface area contributed by atoms with Crippen LogP contribution >= 0.6 is 11.6 Å². The monoisotopic (exact) mass is 460 g/mol. The van der Waals surface area contributed by atoms with Gasteiger partial charge in [0.05, 0.1) is 23.0 Å². The molecular weight excluding hydrogens is 428 g/mol. The number of benzene rings is 1. The number of ether oxygens (including phenoxy) is 2. The molecule has 0 amide bonds. The van der Waals surface area contributed by atoms with Crippen molar-refractivity contribution >= 4 is 27.6 Å². The highest BCUT2D eigenvalue weighted by atomic mass is 35.5. The summed E-state index contributed by atoms with van der Waals surface area (Å²) >= 11 is 5.86. The Hall–Kier alpha value is -1.19. The molecule has 170 valence electrons. The predicted octanol–water partition coefficient (Wildman–Crippen LogP) is 3.33. The summed E-state index contributed by atoms with van der Waals surface area (Å²) in [6.07, 6.45) is 0.657. The molecule has 9 heteroatoms. The van der Waals surface area contributed by atoms with Crippen molar-refractivity contribution < 1.29 is 22.7 Å². The number of esters is 1. The molecule has 2 N–H and O–H groups in total. The Morgan fingerprint density at radius 3 is 2.47 bits per heavy atom. The molecule has 1 aliphatic heterocycles. The van der Waals surface area contributed by atoms with Gasteiger partial charge in [0.15, 0.2) is 0 Å². The van der Waals surface area contributed by atoms with Crippen molar-refractivity contribution in [1.82, 2.24) is 10.0 Å². The summed E-state index contributed by atoms with van der Waals surface area (Å²) in [7, 11) is -3.68. The van der Waals surface area contributed by atoms with Gasteiger partial charge in [0, 0.05) is 17.6 Å². The first-order valence-electron chi connectivity index (χ1n) is 10.2. The molecule has 1 fully saturated rings. The lowest BCUT2D eigenvalue weighted by Gasteiger charge is -2.27. The van der Waals surface area contributed by atoms with Gasteiger partial charge in [0.2, 0.25) is 16.3 Å². The van der Waals surface area contributed by atoms with Crippen LogP contribution in [0.2, 0.25) is 5.02 Å². The fraction of sp³-hybridized carbons (Fsp3) is 0.667. The maximum atomic E-state index is 12.8. The molecule has 0 radical (unpaired) electrons. The Kier molecular flexibility index (Phi) is 8.70. The molecule has 1 heterocycles. The first kappa shape index (κ1) is 25.1. The number of sulfonamides is 1. The lowest BCUT2D eigenvalue weighted by Crippen LogP contribution is -2.48. The molecule has 1 aliphatic rings. The topological polar surface area (TPSA) is 93.7 Å². The number of halogens is 1. The van der Waals surface area contributed by atoms with Crippen molar-refractivity contribution in [3.8, 4) is 0 Å². The average Bonchev–Trinajstić information content (AvgIpc) is 3.05. The smallest absolute Gasteiger partial charge is 0.313 e. The van der Waals surface area contributed by atoms with Gasteiger partial charge in [-0.2, -0.15) is 0 Å². The minimum absolute atomic E-state index is 0.168. The van der Waals surface area contributed by atoms with Gasteiger partial charge in [0.1, 0.15) is 0 Å². The van der Waals surface area contributed by atoms with E-state index in [1.807, 2.05) is 13.8 Å². The van der Waals surface area contributed by atoms with Crippen LogP contribution in [-0.2, 0) is 24.3 Å². The zero-order valence-electron chi connectivity index (χ0n) is 18.3. The normalized spacial score (nSPS) is 21.0.